The predicted octanol–water partition coefficient (Wildman–Crippen LogP) is 2.71. The number of hydrogen-bond donors (Lipinski definition) is 0. The van der Waals surface area contributed by atoms with Crippen LogP contribution in [-0.4, -0.2) is 12.1 Å². The summed E-state index contributed by atoms with van der Waals surface area (Å²) < 4.78 is 4.88. The summed E-state index contributed by atoms with van der Waals surface area (Å²) in [4.78, 5) is 3.86. The first-order valence-corrected chi connectivity index (χ1v) is 3.77. The molecule has 0 N–H and O–H groups in total. The summed E-state index contributed by atoms with van der Waals surface area (Å²) in [5, 5.41) is 0.760. The molecule has 1 rings (SSSR count). The predicted molar refractivity (Wildman–Crippen MR) is 45.5 cm³/mol. The lowest BCUT2D eigenvalue weighted by Gasteiger charge is -2.02. The van der Waals surface area contributed by atoms with E-state index in [0.717, 1.165) is 5.56 Å². The lowest BCUT2D eigenvalue weighted by molar-refractivity contribution is 0.397. The maximum Gasteiger partial charge on any atom is 0.214 e. The quantitative estimate of drug-likeness (QED) is 0.638. The van der Waals surface area contributed by atoms with Crippen LogP contribution < -0.4 is 4.74 Å². The van der Waals surface area contributed by atoms with Gasteiger partial charge in [0.1, 0.15) is 0 Å². The van der Waals surface area contributed by atoms with Crippen molar-refractivity contribution >= 4 is 23.2 Å². The first kappa shape index (κ1) is 8.62. The lowest BCUT2D eigenvalue weighted by atomic mass is 10.3. The number of aryl methyl sites for hydroxylation is 1. The minimum absolute atomic E-state index is 0.281. The van der Waals surface area contributed by atoms with Crippen LogP contribution in [-0.2, 0) is 0 Å². The Morgan fingerprint density at radius 2 is 2.09 bits per heavy atom. The summed E-state index contributed by atoms with van der Waals surface area (Å²) >= 11 is 11.4. The largest absolute Gasteiger partial charge is 0.481 e. The van der Waals surface area contributed by atoms with Gasteiger partial charge in [-0.05, 0) is 12.5 Å². The highest BCUT2D eigenvalue weighted by Crippen LogP contribution is 2.26. The van der Waals surface area contributed by atoms with Gasteiger partial charge in [-0.3, -0.25) is 0 Å². The minimum atomic E-state index is 0.281. The Bertz CT molecular complexity index is 252. The third-order valence-corrected chi connectivity index (χ3v) is 2.13. The molecule has 0 unspecified atom stereocenters. The molecule has 1 heterocycles. The van der Waals surface area contributed by atoms with E-state index in [2.05, 4.69) is 4.98 Å². The minimum Gasteiger partial charge on any atom is -0.481 e. The number of pyridine rings is 1. The van der Waals surface area contributed by atoms with E-state index in [1.54, 1.807) is 6.07 Å². The monoisotopic (exact) mass is 191 g/mol. The van der Waals surface area contributed by atoms with Crippen LogP contribution in [0, 0.1) is 6.92 Å². The van der Waals surface area contributed by atoms with Gasteiger partial charge in [-0.2, -0.15) is 4.98 Å². The van der Waals surface area contributed by atoms with Gasteiger partial charge < -0.3 is 4.74 Å². The molecular weight excluding hydrogens is 185 g/mol. The van der Waals surface area contributed by atoms with Crippen LogP contribution in [0.1, 0.15) is 5.56 Å². The summed E-state index contributed by atoms with van der Waals surface area (Å²) in [6.45, 7) is 1.85. The Morgan fingerprint density at radius 1 is 1.45 bits per heavy atom. The van der Waals surface area contributed by atoms with E-state index in [1.807, 2.05) is 6.92 Å². The number of halogens is 2. The first-order chi connectivity index (χ1) is 5.15. The summed E-state index contributed by atoms with van der Waals surface area (Å²) in [5.41, 5.74) is 0.864. The third-order valence-electron chi connectivity index (χ3n) is 1.28. The maximum absolute atomic E-state index is 5.76. The molecule has 0 aromatic carbocycles. The number of nitrogens with zero attached hydrogens (tertiary/aromatic N) is 1. The van der Waals surface area contributed by atoms with Crippen LogP contribution in [0.3, 0.4) is 0 Å². The second-order valence-corrected chi connectivity index (χ2v) is 2.82. The van der Waals surface area contributed by atoms with Crippen LogP contribution in [0.4, 0.5) is 0 Å². The molecule has 11 heavy (non-hydrogen) atoms. The van der Waals surface area contributed by atoms with Gasteiger partial charge in [-0.15, -0.1) is 0 Å². The van der Waals surface area contributed by atoms with Crippen molar-refractivity contribution < 1.29 is 4.74 Å². The maximum atomic E-state index is 5.76. The Balaban J connectivity index is 3.21. The second kappa shape index (κ2) is 3.28. The van der Waals surface area contributed by atoms with Crippen molar-refractivity contribution in [3.63, 3.8) is 0 Å². The molecule has 1 aromatic rings. The molecule has 0 radical (unpaired) electrons. The molecule has 0 spiro atoms. The van der Waals surface area contributed by atoms with Crippen LogP contribution in [0.2, 0.25) is 10.2 Å². The fourth-order valence-electron chi connectivity index (χ4n) is 0.694. The fraction of sp³-hybridized carbons (Fsp3) is 0.286. The van der Waals surface area contributed by atoms with Gasteiger partial charge in [0, 0.05) is 6.07 Å². The zero-order valence-corrected chi connectivity index (χ0v) is 7.70. The highest BCUT2D eigenvalue weighted by atomic mass is 35.5. The van der Waals surface area contributed by atoms with E-state index < -0.39 is 0 Å². The van der Waals surface area contributed by atoms with Crippen molar-refractivity contribution in [2.45, 2.75) is 6.92 Å². The second-order valence-electron chi connectivity index (χ2n) is 2.09. The smallest absolute Gasteiger partial charge is 0.214 e. The van der Waals surface area contributed by atoms with Crippen molar-refractivity contribution in [3.8, 4) is 5.88 Å². The van der Waals surface area contributed by atoms with E-state index in [4.69, 9.17) is 27.9 Å². The molecule has 0 aliphatic rings. The molecule has 0 saturated carbocycles. The average molecular weight is 192 g/mol. The Morgan fingerprint density at radius 3 is 2.55 bits per heavy atom. The number of ether oxygens (including phenoxy) is 1. The number of aromatic nitrogens is 1. The van der Waals surface area contributed by atoms with Crippen LogP contribution >= 0.6 is 23.2 Å². The topological polar surface area (TPSA) is 22.1 Å². The van der Waals surface area contributed by atoms with Crippen molar-refractivity contribution in [1.82, 2.24) is 4.98 Å². The number of methoxy groups -OCH3 is 1. The average Bonchev–Trinajstić information content (AvgIpc) is 1.99. The Kier molecular flexibility index (Phi) is 2.58. The highest BCUT2D eigenvalue weighted by molar-refractivity contribution is 6.41. The molecule has 60 valence electrons. The standard InChI is InChI=1S/C7H7Cl2NO/c1-4-3-5(11-2)10-7(9)6(4)8/h3H,1-2H3. The summed E-state index contributed by atoms with van der Waals surface area (Å²) in [5.74, 6) is 0.483. The van der Waals surface area contributed by atoms with Gasteiger partial charge in [0.2, 0.25) is 5.88 Å². The van der Waals surface area contributed by atoms with Gasteiger partial charge in [0.25, 0.3) is 0 Å². The highest BCUT2D eigenvalue weighted by Gasteiger charge is 2.04. The van der Waals surface area contributed by atoms with E-state index in [1.165, 1.54) is 7.11 Å². The zero-order chi connectivity index (χ0) is 8.43. The Hall–Kier alpha value is -0.470. The Labute approximate surface area is 75.1 Å². The van der Waals surface area contributed by atoms with Gasteiger partial charge in [0.15, 0.2) is 5.15 Å². The van der Waals surface area contributed by atoms with Crippen molar-refractivity contribution in [1.29, 1.82) is 0 Å². The molecule has 0 atom stereocenters. The summed E-state index contributed by atoms with van der Waals surface area (Å²) in [6, 6.07) is 1.73. The fourth-order valence-corrected chi connectivity index (χ4v) is 1.02. The van der Waals surface area contributed by atoms with Gasteiger partial charge in [-0.25, -0.2) is 0 Å². The summed E-state index contributed by atoms with van der Waals surface area (Å²) in [7, 11) is 1.53. The molecule has 0 aliphatic carbocycles. The van der Waals surface area contributed by atoms with E-state index in [0.29, 0.717) is 10.9 Å². The molecular formula is C7H7Cl2NO. The lowest BCUT2D eigenvalue weighted by Crippen LogP contribution is -1.89. The van der Waals surface area contributed by atoms with E-state index in [-0.39, 0.29) is 5.15 Å². The molecule has 0 bridgehead atoms. The summed E-state index contributed by atoms with van der Waals surface area (Å²) in [6.07, 6.45) is 0. The van der Waals surface area contributed by atoms with E-state index in [9.17, 15) is 0 Å². The zero-order valence-electron chi connectivity index (χ0n) is 6.19. The number of hydrogen-bond acceptors (Lipinski definition) is 2. The molecule has 2 nitrogen and oxygen atoms in total. The third kappa shape index (κ3) is 1.76. The van der Waals surface area contributed by atoms with Crippen molar-refractivity contribution in [2.75, 3.05) is 7.11 Å². The SMILES string of the molecule is COc1cc(C)c(Cl)c(Cl)n1. The van der Waals surface area contributed by atoms with Gasteiger partial charge in [-0.1, -0.05) is 23.2 Å². The van der Waals surface area contributed by atoms with Crippen LogP contribution in [0.15, 0.2) is 6.07 Å². The van der Waals surface area contributed by atoms with Gasteiger partial charge in [0.05, 0.1) is 12.1 Å². The van der Waals surface area contributed by atoms with Crippen LogP contribution in [0.5, 0.6) is 5.88 Å². The normalized spacial score (nSPS) is 9.82. The molecule has 0 saturated heterocycles. The first-order valence-electron chi connectivity index (χ1n) is 3.01. The van der Waals surface area contributed by atoms with E-state index >= 15 is 0 Å². The van der Waals surface area contributed by atoms with Gasteiger partial charge >= 0.3 is 0 Å². The molecule has 0 fully saturated rings. The van der Waals surface area contributed by atoms with Crippen LogP contribution in [0.25, 0.3) is 0 Å². The van der Waals surface area contributed by atoms with Crippen molar-refractivity contribution in [3.05, 3.63) is 21.8 Å². The molecule has 0 amide bonds. The number of rotatable bonds is 1. The molecule has 4 heteroatoms. The molecule has 1 aromatic heterocycles. The molecule has 0 aliphatic heterocycles. The van der Waals surface area contributed by atoms with Crippen molar-refractivity contribution in [2.24, 2.45) is 0 Å².